The van der Waals surface area contributed by atoms with Gasteiger partial charge in [0.2, 0.25) is 5.91 Å². The standard InChI is InChI=1S/C48H92NO11P/c1-4-7-10-13-16-19-22-25-28-31-34-37-42(51)49-45-47(59-44(53)39-36-33-30-27-24-21-18-15-12-9-6-3)46(41(40-50)57-48(45)60-61(54,55)56)58-43(52)38-35-32-29-26-23-20-17-14-11-8-5-2/h41,45-48,50H,4-40H2,1-3H3,(H,49,51)(H2,54,55,56)/p-1/t41?,45?,46-,47-,48-/m1/s1. The fourth-order valence-electron chi connectivity index (χ4n) is 8.20. The Labute approximate surface area is 371 Å². The molecule has 1 aliphatic heterocycles. The van der Waals surface area contributed by atoms with Crippen LogP contribution in [0.4, 0.5) is 0 Å². The van der Waals surface area contributed by atoms with Crippen molar-refractivity contribution >= 4 is 25.7 Å². The SMILES string of the molecule is CCCCCCCCCCCCCC(=O)NC1[C@@H](OP(=O)([O-])O)OC(CO)[C@@H](OC(=O)CCCCCCCCCCCCC)[C@@H]1OC(=O)CCCCCCCCCCCCC. The molecule has 1 saturated heterocycles. The molecule has 1 fully saturated rings. The second-order valence-corrected chi connectivity index (χ2v) is 18.8. The Hall–Kier alpha value is -1.56. The van der Waals surface area contributed by atoms with Gasteiger partial charge < -0.3 is 34.4 Å². The first-order chi connectivity index (χ1) is 29.6. The van der Waals surface area contributed by atoms with Crippen LogP contribution in [-0.2, 0) is 37.7 Å². The molecule has 0 spiro atoms. The summed E-state index contributed by atoms with van der Waals surface area (Å²) in [5.41, 5.74) is 0. The lowest BCUT2D eigenvalue weighted by molar-refractivity contribution is -0.284. The van der Waals surface area contributed by atoms with Crippen molar-refractivity contribution in [2.45, 2.75) is 283 Å². The van der Waals surface area contributed by atoms with Gasteiger partial charge in [0.15, 0.2) is 18.5 Å². The Kier molecular flexibility index (Phi) is 36.6. The fraction of sp³-hybridized carbons (Fsp3) is 0.938. The quantitative estimate of drug-likeness (QED) is 0.0301. The third-order valence-corrected chi connectivity index (χ3v) is 12.4. The van der Waals surface area contributed by atoms with Crippen molar-refractivity contribution < 1.29 is 52.6 Å². The predicted octanol–water partition coefficient (Wildman–Crippen LogP) is 11.6. The molecule has 0 aliphatic carbocycles. The first-order valence-electron chi connectivity index (χ1n) is 25.2. The number of hydrogen-bond acceptors (Lipinski definition) is 10. The van der Waals surface area contributed by atoms with Gasteiger partial charge in [0.25, 0.3) is 7.82 Å². The highest BCUT2D eigenvalue weighted by atomic mass is 31.2. The largest absolute Gasteiger partial charge is 0.756 e. The van der Waals surface area contributed by atoms with Gasteiger partial charge in [-0.15, -0.1) is 0 Å². The zero-order chi connectivity index (χ0) is 44.8. The molecule has 61 heavy (non-hydrogen) atoms. The maximum absolute atomic E-state index is 13.4. The highest BCUT2D eigenvalue weighted by molar-refractivity contribution is 7.44. The molecule has 12 nitrogen and oxygen atoms in total. The number of phosphoric acid groups is 1. The minimum Gasteiger partial charge on any atom is -0.756 e. The van der Waals surface area contributed by atoms with Crippen LogP contribution in [0, 0.1) is 0 Å². The Morgan fingerprint density at radius 2 is 0.836 bits per heavy atom. The summed E-state index contributed by atoms with van der Waals surface area (Å²) in [7, 11) is -5.44. The molecule has 1 amide bonds. The molecule has 0 aromatic heterocycles. The summed E-state index contributed by atoms with van der Waals surface area (Å²) in [6, 6.07) is -1.46. The Balaban J connectivity index is 2.91. The van der Waals surface area contributed by atoms with Gasteiger partial charge in [-0.3, -0.25) is 23.5 Å². The summed E-state index contributed by atoms with van der Waals surface area (Å²) < 4.78 is 34.5. The van der Waals surface area contributed by atoms with E-state index in [4.69, 9.17) is 18.7 Å². The molecule has 360 valence electrons. The van der Waals surface area contributed by atoms with E-state index in [9.17, 15) is 33.8 Å². The average Bonchev–Trinajstić information content (AvgIpc) is 3.22. The average molecular weight is 889 g/mol. The summed E-state index contributed by atoms with van der Waals surface area (Å²) in [6.45, 7) is 5.90. The van der Waals surface area contributed by atoms with Crippen LogP contribution in [0.3, 0.4) is 0 Å². The third kappa shape index (κ3) is 31.9. The minimum atomic E-state index is -5.44. The fourth-order valence-corrected chi connectivity index (χ4v) is 8.65. The highest BCUT2D eigenvalue weighted by Crippen LogP contribution is 2.38. The van der Waals surface area contributed by atoms with E-state index in [1.165, 1.54) is 122 Å². The second-order valence-electron chi connectivity index (χ2n) is 17.7. The van der Waals surface area contributed by atoms with Gasteiger partial charge in [-0.05, 0) is 19.3 Å². The van der Waals surface area contributed by atoms with Gasteiger partial charge >= 0.3 is 11.9 Å². The van der Waals surface area contributed by atoms with Crippen LogP contribution in [0.15, 0.2) is 0 Å². The topological polar surface area (TPSA) is 181 Å². The molecule has 0 aromatic carbocycles. The maximum Gasteiger partial charge on any atom is 0.306 e. The molecule has 1 rings (SSSR count). The number of carbonyl (C=O) groups excluding carboxylic acids is 3. The molecule has 0 bridgehead atoms. The normalized spacial score (nSPS) is 20.0. The number of amides is 1. The van der Waals surface area contributed by atoms with E-state index in [0.717, 1.165) is 70.6 Å². The van der Waals surface area contributed by atoms with Gasteiger partial charge in [0.1, 0.15) is 12.1 Å². The van der Waals surface area contributed by atoms with Crippen molar-refractivity contribution in [2.24, 2.45) is 0 Å². The summed E-state index contributed by atoms with van der Waals surface area (Å²) >= 11 is 0. The highest BCUT2D eigenvalue weighted by Gasteiger charge is 2.52. The third-order valence-electron chi connectivity index (χ3n) is 11.9. The van der Waals surface area contributed by atoms with Crippen LogP contribution in [0.5, 0.6) is 0 Å². The van der Waals surface area contributed by atoms with Crippen LogP contribution < -0.4 is 10.2 Å². The van der Waals surface area contributed by atoms with Crippen molar-refractivity contribution in [1.29, 1.82) is 0 Å². The summed E-state index contributed by atoms with van der Waals surface area (Å²) in [4.78, 5) is 61.8. The number of esters is 2. The van der Waals surface area contributed by atoms with Crippen molar-refractivity contribution in [3.63, 3.8) is 0 Å². The monoisotopic (exact) mass is 889 g/mol. The van der Waals surface area contributed by atoms with Crippen LogP contribution in [0.1, 0.15) is 252 Å². The van der Waals surface area contributed by atoms with Crippen LogP contribution in [0.25, 0.3) is 0 Å². The first-order valence-corrected chi connectivity index (χ1v) is 26.7. The molecule has 3 N–H and O–H groups in total. The molecule has 0 aromatic rings. The van der Waals surface area contributed by atoms with Crippen LogP contribution >= 0.6 is 7.82 Å². The number of unbranched alkanes of at least 4 members (excludes halogenated alkanes) is 30. The Morgan fingerprint density at radius 1 is 0.525 bits per heavy atom. The lowest BCUT2D eigenvalue weighted by Crippen LogP contribution is -2.66. The maximum atomic E-state index is 13.4. The molecule has 1 heterocycles. The van der Waals surface area contributed by atoms with E-state index >= 15 is 0 Å². The first kappa shape index (κ1) is 57.5. The number of carbonyl (C=O) groups is 3. The van der Waals surface area contributed by atoms with Crippen molar-refractivity contribution in [1.82, 2.24) is 5.32 Å². The van der Waals surface area contributed by atoms with Gasteiger partial charge in [0.05, 0.1) is 6.61 Å². The van der Waals surface area contributed by atoms with Crippen molar-refractivity contribution in [3.05, 3.63) is 0 Å². The van der Waals surface area contributed by atoms with E-state index in [1.54, 1.807) is 0 Å². The number of aliphatic hydroxyl groups is 1. The molecule has 1 aliphatic rings. The van der Waals surface area contributed by atoms with Gasteiger partial charge in [0, 0.05) is 19.3 Å². The molecule has 0 radical (unpaired) electrons. The lowest BCUT2D eigenvalue weighted by atomic mass is 9.95. The number of rotatable bonds is 42. The minimum absolute atomic E-state index is 0.0581. The second kappa shape index (κ2) is 38.9. The van der Waals surface area contributed by atoms with Gasteiger partial charge in [-0.25, -0.2) is 0 Å². The Morgan fingerprint density at radius 3 is 1.16 bits per heavy atom. The van der Waals surface area contributed by atoms with Crippen molar-refractivity contribution in [3.8, 4) is 0 Å². The van der Waals surface area contributed by atoms with E-state index in [0.29, 0.717) is 19.3 Å². The van der Waals surface area contributed by atoms with Crippen molar-refractivity contribution in [2.75, 3.05) is 6.61 Å². The summed E-state index contributed by atoms with van der Waals surface area (Å²) in [6.07, 6.45) is 30.8. The van der Waals surface area contributed by atoms with E-state index in [-0.39, 0.29) is 19.3 Å². The smallest absolute Gasteiger partial charge is 0.306 e. The van der Waals surface area contributed by atoms with Gasteiger partial charge in [-0.1, -0.05) is 213 Å². The van der Waals surface area contributed by atoms with Crippen LogP contribution in [-0.4, -0.2) is 65.1 Å². The molecule has 6 atom stereocenters. The summed E-state index contributed by atoms with van der Waals surface area (Å²) in [5.74, 6) is -1.67. The number of nitrogens with one attached hydrogen (secondary N) is 1. The lowest BCUT2D eigenvalue weighted by Gasteiger charge is -2.45. The molecular formula is C48H91NO11P-. The van der Waals surface area contributed by atoms with E-state index in [2.05, 4.69) is 26.1 Å². The Bertz CT molecular complexity index is 1120. The zero-order valence-corrected chi connectivity index (χ0v) is 40.0. The number of hydrogen-bond donors (Lipinski definition) is 3. The molecule has 13 heteroatoms. The zero-order valence-electron chi connectivity index (χ0n) is 39.1. The molecular weight excluding hydrogens is 797 g/mol. The number of phosphoric ester groups is 1. The number of aliphatic hydroxyl groups excluding tert-OH is 1. The molecule has 0 saturated carbocycles. The predicted molar refractivity (Wildman–Crippen MR) is 242 cm³/mol. The van der Waals surface area contributed by atoms with E-state index in [1.807, 2.05) is 0 Å². The van der Waals surface area contributed by atoms with Crippen LogP contribution in [0.2, 0.25) is 0 Å². The summed E-state index contributed by atoms with van der Waals surface area (Å²) in [5, 5.41) is 13.1. The van der Waals surface area contributed by atoms with Gasteiger partial charge in [-0.2, -0.15) is 0 Å². The molecule has 3 unspecified atom stereocenters. The number of ether oxygens (including phenoxy) is 3. The van der Waals surface area contributed by atoms with E-state index < -0.39 is 62.9 Å².